The zero-order chi connectivity index (χ0) is 10.7. The van der Waals surface area contributed by atoms with Gasteiger partial charge in [0.05, 0.1) is 11.4 Å². The lowest BCUT2D eigenvalue weighted by Crippen LogP contribution is -2.08. The van der Waals surface area contributed by atoms with Gasteiger partial charge in [0.1, 0.15) is 0 Å². The number of hydrogen-bond donors (Lipinski definition) is 2. The second-order valence-electron chi connectivity index (χ2n) is 3.64. The van der Waals surface area contributed by atoms with Crippen molar-refractivity contribution < 1.29 is 4.79 Å². The molecule has 0 spiro atoms. The molecular weight excluding hydrogens is 190 g/mol. The van der Waals surface area contributed by atoms with Gasteiger partial charge in [-0.15, -0.1) is 0 Å². The van der Waals surface area contributed by atoms with Gasteiger partial charge in [-0.25, -0.2) is 4.79 Å². The summed E-state index contributed by atoms with van der Waals surface area (Å²) in [6, 6.07) is 5.62. The average molecular weight is 204 g/mol. The highest BCUT2D eigenvalue weighted by molar-refractivity contribution is 6.02. The first-order chi connectivity index (χ1) is 7.29. The van der Waals surface area contributed by atoms with Crippen LogP contribution in [-0.4, -0.2) is 12.6 Å². The van der Waals surface area contributed by atoms with E-state index >= 15 is 0 Å². The minimum Gasteiger partial charge on any atom is -0.330 e. The van der Waals surface area contributed by atoms with E-state index in [1.54, 1.807) is 0 Å². The maximum atomic E-state index is 11.0. The monoisotopic (exact) mass is 204 g/mol. The van der Waals surface area contributed by atoms with Gasteiger partial charge in [-0.3, -0.25) is 0 Å². The van der Waals surface area contributed by atoms with Crippen molar-refractivity contribution in [2.45, 2.75) is 19.3 Å². The number of aryl methyl sites for hydroxylation is 1. The van der Waals surface area contributed by atoms with E-state index in [9.17, 15) is 4.79 Å². The first-order valence-electron chi connectivity index (χ1n) is 5.15. The number of nitrogens with zero attached hydrogens (tertiary/aromatic N) is 1. The number of amides is 2. The number of fused-ring (bicyclic) bond motifs is 1. The third kappa shape index (κ3) is 2.27. The van der Waals surface area contributed by atoms with E-state index in [2.05, 4.69) is 10.6 Å². The van der Waals surface area contributed by atoms with Crippen LogP contribution in [0.5, 0.6) is 0 Å². The predicted molar refractivity (Wildman–Crippen MR) is 59.2 cm³/mol. The number of benzene rings is 1. The molecule has 4 nitrogen and oxygen atoms in total. The lowest BCUT2D eigenvalue weighted by Gasteiger charge is -2.02. The molecule has 0 aromatic heterocycles. The minimum absolute atomic E-state index is 0.274. The van der Waals surface area contributed by atoms with E-state index in [1.165, 1.54) is 5.56 Å². The van der Waals surface area contributed by atoms with Crippen LogP contribution in [0.15, 0.2) is 18.2 Å². The zero-order valence-electron chi connectivity index (χ0n) is 8.49. The third-order valence-corrected chi connectivity index (χ3v) is 2.45. The van der Waals surface area contributed by atoms with Crippen LogP contribution >= 0.6 is 0 Å². The molecule has 1 radical (unpaired) electrons. The van der Waals surface area contributed by atoms with E-state index in [0.29, 0.717) is 0 Å². The van der Waals surface area contributed by atoms with Crippen molar-refractivity contribution in [2.24, 2.45) is 5.73 Å². The van der Waals surface area contributed by atoms with E-state index in [-0.39, 0.29) is 6.03 Å². The number of carbonyl (C=O) groups excluding carboxylic acids is 1. The molecule has 1 aromatic carbocycles. The minimum atomic E-state index is -0.274. The Hall–Kier alpha value is -1.55. The van der Waals surface area contributed by atoms with Gasteiger partial charge < -0.3 is 11.1 Å². The standard InChI is InChI=1S/C11H14N3O/c12-6-2-1-3-8-4-5-9-10(7-8)14-11(15)13-9/h4-5,7H,1-3,6,12H2,(H,13,15). The van der Waals surface area contributed by atoms with Crippen molar-refractivity contribution in [1.82, 2.24) is 5.32 Å². The summed E-state index contributed by atoms with van der Waals surface area (Å²) in [7, 11) is 0. The van der Waals surface area contributed by atoms with Gasteiger partial charge in [-0.2, -0.15) is 5.32 Å². The van der Waals surface area contributed by atoms with Crippen LogP contribution in [0, 0.1) is 0 Å². The quantitative estimate of drug-likeness (QED) is 0.733. The molecule has 0 bridgehead atoms. The molecule has 15 heavy (non-hydrogen) atoms. The van der Waals surface area contributed by atoms with Gasteiger partial charge in [-0.05, 0) is 43.5 Å². The summed E-state index contributed by atoms with van der Waals surface area (Å²) in [5.41, 5.74) is 8.20. The smallest absolute Gasteiger partial charge is 0.330 e. The largest absolute Gasteiger partial charge is 0.346 e. The first kappa shape index (κ1) is 9.98. The number of anilines is 1. The van der Waals surface area contributed by atoms with Crippen LogP contribution < -0.4 is 16.4 Å². The summed E-state index contributed by atoms with van der Waals surface area (Å²) >= 11 is 0. The molecule has 0 saturated carbocycles. The summed E-state index contributed by atoms with van der Waals surface area (Å²) in [5, 5.41) is 6.53. The van der Waals surface area contributed by atoms with E-state index in [4.69, 9.17) is 5.73 Å². The van der Waals surface area contributed by atoms with Crippen molar-refractivity contribution >= 4 is 17.4 Å². The van der Waals surface area contributed by atoms with Crippen LogP contribution in [0.1, 0.15) is 18.4 Å². The molecule has 1 aliphatic heterocycles. The van der Waals surface area contributed by atoms with Gasteiger partial charge in [-0.1, -0.05) is 6.07 Å². The fraction of sp³-hybridized carbons (Fsp3) is 0.364. The highest BCUT2D eigenvalue weighted by Crippen LogP contribution is 2.28. The molecule has 2 amide bonds. The lowest BCUT2D eigenvalue weighted by atomic mass is 10.1. The van der Waals surface area contributed by atoms with Crippen LogP contribution in [0.2, 0.25) is 0 Å². The van der Waals surface area contributed by atoms with Crippen molar-refractivity contribution in [1.29, 1.82) is 0 Å². The fourth-order valence-corrected chi connectivity index (χ4v) is 1.66. The van der Waals surface area contributed by atoms with Crippen LogP contribution in [0.25, 0.3) is 0 Å². The van der Waals surface area contributed by atoms with E-state index < -0.39 is 0 Å². The molecule has 0 fully saturated rings. The number of nitrogens with two attached hydrogens (primary N) is 1. The Kier molecular flexibility index (Phi) is 2.87. The fourth-order valence-electron chi connectivity index (χ4n) is 1.66. The SMILES string of the molecule is NCCCCc1ccc2c(c1)[N]C(=O)N2. The number of nitrogens with one attached hydrogen (secondary N) is 1. The molecule has 0 atom stereocenters. The summed E-state index contributed by atoms with van der Waals surface area (Å²) in [6.45, 7) is 0.732. The molecular formula is C11H14N3O. The summed E-state index contributed by atoms with van der Waals surface area (Å²) in [4.78, 5) is 11.0. The Balaban J connectivity index is 2.03. The van der Waals surface area contributed by atoms with Crippen molar-refractivity contribution in [3.05, 3.63) is 23.8 Å². The van der Waals surface area contributed by atoms with Crippen molar-refractivity contribution in [3.63, 3.8) is 0 Å². The second-order valence-corrected chi connectivity index (χ2v) is 3.64. The maximum absolute atomic E-state index is 11.0. The number of unbranched alkanes of at least 4 members (excludes halogenated alkanes) is 1. The molecule has 3 N–H and O–H groups in total. The zero-order valence-corrected chi connectivity index (χ0v) is 8.49. The highest BCUT2D eigenvalue weighted by Gasteiger charge is 2.18. The Labute approximate surface area is 88.9 Å². The van der Waals surface area contributed by atoms with Gasteiger partial charge in [0, 0.05) is 0 Å². The third-order valence-electron chi connectivity index (χ3n) is 2.45. The van der Waals surface area contributed by atoms with Crippen molar-refractivity contribution in [2.75, 3.05) is 11.9 Å². The maximum Gasteiger partial charge on any atom is 0.346 e. The highest BCUT2D eigenvalue weighted by atomic mass is 16.2. The lowest BCUT2D eigenvalue weighted by molar-refractivity contribution is 0.256. The molecule has 0 saturated heterocycles. The molecule has 1 aromatic rings. The molecule has 4 heteroatoms. The summed E-state index contributed by atoms with van der Waals surface area (Å²) in [5.74, 6) is 0. The topological polar surface area (TPSA) is 69.2 Å². The average Bonchev–Trinajstić information content (AvgIpc) is 2.57. The van der Waals surface area contributed by atoms with Crippen LogP contribution in [0.4, 0.5) is 16.2 Å². The van der Waals surface area contributed by atoms with Crippen LogP contribution in [-0.2, 0) is 6.42 Å². The summed E-state index contributed by atoms with van der Waals surface area (Å²) < 4.78 is 0. The number of rotatable bonds is 4. The van der Waals surface area contributed by atoms with Gasteiger partial charge >= 0.3 is 6.03 Å². The van der Waals surface area contributed by atoms with Gasteiger partial charge in [0.2, 0.25) is 0 Å². The molecule has 79 valence electrons. The Morgan fingerprint density at radius 1 is 1.33 bits per heavy atom. The van der Waals surface area contributed by atoms with Crippen molar-refractivity contribution in [3.8, 4) is 0 Å². The molecule has 1 heterocycles. The Morgan fingerprint density at radius 3 is 3.00 bits per heavy atom. The summed E-state index contributed by atoms with van der Waals surface area (Å²) in [6.07, 6.45) is 3.11. The number of urea groups is 1. The van der Waals surface area contributed by atoms with E-state index in [0.717, 1.165) is 37.2 Å². The predicted octanol–water partition coefficient (Wildman–Crippen LogP) is 1.75. The first-order valence-corrected chi connectivity index (χ1v) is 5.15. The normalized spacial score (nSPS) is 13.3. The molecule has 0 unspecified atom stereocenters. The Morgan fingerprint density at radius 2 is 2.20 bits per heavy atom. The Bertz CT molecular complexity index is 376. The van der Waals surface area contributed by atoms with Gasteiger partial charge in [0.15, 0.2) is 0 Å². The van der Waals surface area contributed by atoms with Crippen LogP contribution in [0.3, 0.4) is 0 Å². The molecule has 1 aliphatic rings. The number of hydrogen-bond acceptors (Lipinski definition) is 2. The van der Waals surface area contributed by atoms with Gasteiger partial charge in [0.25, 0.3) is 0 Å². The molecule has 2 rings (SSSR count). The number of carbonyl (C=O) groups is 1. The second kappa shape index (κ2) is 4.31. The van der Waals surface area contributed by atoms with E-state index in [1.807, 2.05) is 18.2 Å². The molecule has 0 aliphatic carbocycles.